The van der Waals surface area contributed by atoms with Crippen LogP contribution in [0.2, 0.25) is 5.82 Å². The number of benzene rings is 1. The highest BCUT2D eigenvalue weighted by Gasteiger charge is 2.33. The van der Waals surface area contributed by atoms with Gasteiger partial charge in [-0.1, -0.05) is 49.6 Å². The summed E-state index contributed by atoms with van der Waals surface area (Å²) in [5.74, 6) is 0.149. The molecule has 1 aromatic rings. The van der Waals surface area contributed by atoms with E-state index < -0.39 is 0 Å². The molecule has 0 heterocycles. The van der Waals surface area contributed by atoms with Crippen molar-refractivity contribution < 1.29 is 9.53 Å². The smallest absolute Gasteiger partial charge is 0.309 e. The largest absolute Gasteiger partial charge is 0.461 e. The fraction of sp³-hybridized carbons (Fsp3) is 0.600. The lowest BCUT2D eigenvalue weighted by atomic mass is 9.66. The summed E-state index contributed by atoms with van der Waals surface area (Å²) >= 11 is 0. The lowest BCUT2D eigenvalue weighted by molar-refractivity contribution is -0.150. The third-order valence-electron chi connectivity index (χ3n) is 5.53. The number of rotatable bonds is 4. The van der Waals surface area contributed by atoms with E-state index in [0.29, 0.717) is 12.6 Å². The molecule has 128 valence electrons. The first-order valence-corrected chi connectivity index (χ1v) is 9.51. The van der Waals surface area contributed by atoms with Crippen LogP contribution in [0.15, 0.2) is 35.3 Å². The average molecular weight is 325 g/mol. The first-order chi connectivity index (χ1) is 11.7. The zero-order chi connectivity index (χ0) is 16.8. The van der Waals surface area contributed by atoms with Crippen molar-refractivity contribution in [1.82, 2.24) is 0 Å². The van der Waals surface area contributed by atoms with Crippen LogP contribution in [-0.4, -0.2) is 25.6 Å². The van der Waals surface area contributed by atoms with Crippen LogP contribution in [0.1, 0.15) is 56.9 Å². The van der Waals surface area contributed by atoms with Crippen molar-refractivity contribution in [2.75, 3.05) is 0 Å². The van der Waals surface area contributed by atoms with Crippen LogP contribution < -0.4 is 0 Å². The van der Waals surface area contributed by atoms with Gasteiger partial charge in [0, 0.05) is 11.8 Å². The molecule has 2 saturated carbocycles. The van der Waals surface area contributed by atoms with E-state index in [9.17, 15) is 4.79 Å². The summed E-state index contributed by atoms with van der Waals surface area (Å²) in [5.41, 5.74) is 2.31. The van der Waals surface area contributed by atoms with Crippen molar-refractivity contribution in [1.29, 1.82) is 0 Å². The van der Waals surface area contributed by atoms with Crippen LogP contribution in [0.4, 0.5) is 0 Å². The molecule has 24 heavy (non-hydrogen) atoms. The van der Waals surface area contributed by atoms with E-state index in [-0.39, 0.29) is 17.7 Å². The minimum atomic E-state index is -0.0533. The fourth-order valence-corrected chi connectivity index (χ4v) is 4.00. The van der Waals surface area contributed by atoms with Gasteiger partial charge in [0.25, 0.3) is 0 Å². The number of carbonyl (C=O) groups excluding carboxylic acids is 1. The molecule has 1 aromatic carbocycles. The Bertz CT molecular complexity index is 566. The zero-order valence-electron chi connectivity index (χ0n) is 14.7. The van der Waals surface area contributed by atoms with Crippen LogP contribution in [0.3, 0.4) is 0 Å². The lowest BCUT2D eigenvalue weighted by Crippen LogP contribution is -2.32. The second-order valence-corrected chi connectivity index (χ2v) is 7.29. The second-order valence-electron chi connectivity index (χ2n) is 7.29. The third-order valence-corrected chi connectivity index (χ3v) is 5.53. The van der Waals surface area contributed by atoms with Crippen molar-refractivity contribution in [2.45, 2.75) is 69.8 Å². The van der Waals surface area contributed by atoms with Gasteiger partial charge >= 0.3 is 5.97 Å². The van der Waals surface area contributed by atoms with Crippen molar-refractivity contribution in [3.63, 3.8) is 0 Å². The average Bonchev–Trinajstić information content (AvgIpc) is 2.63. The molecule has 3 nitrogen and oxygen atoms in total. The molecule has 0 radical (unpaired) electrons. The molecule has 0 aromatic heterocycles. The summed E-state index contributed by atoms with van der Waals surface area (Å²) in [6, 6.07) is 10.4. The maximum atomic E-state index is 12.5. The predicted octanol–water partition coefficient (Wildman–Crippen LogP) is 3.73. The van der Waals surface area contributed by atoms with Gasteiger partial charge in [0.05, 0.1) is 5.92 Å². The van der Waals surface area contributed by atoms with E-state index >= 15 is 0 Å². The topological polar surface area (TPSA) is 38.7 Å². The first-order valence-electron chi connectivity index (χ1n) is 9.51. The summed E-state index contributed by atoms with van der Waals surface area (Å²) in [4.78, 5) is 17.6. The molecule has 0 saturated heterocycles. The highest BCUT2D eigenvalue weighted by atomic mass is 16.5. The number of ether oxygens (including phenoxy) is 1. The Labute approximate surface area is 146 Å². The molecule has 0 amide bonds. The molecule has 3 rings (SSSR count). The Morgan fingerprint density at radius 2 is 1.83 bits per heavy atom. The molecule has 4 heteroatoms. The molecule has 0 N–H and O–H groups in total. The monoisotopic (exact) mass is 325 g/mol. The Kier molecular flexibility index (Phi) is 6.11. The Hall–Kier alpha value is -1.58. The van der Waals surface area contributed by atoms with Gasteiger partial charge in [-0.15, -0.1) is 0 Å². The molecule has 2 unspecified atom stereocenters. The Balaban J connectivity index is 1.58. The quantitative estimate of drug-likeness (QED) is 0.625. The first kappa shape index (κ1) is 17.3. The van der Waals surface area contributed by atoms with Crippen LogP contribution in [0.5, 0.6) is 0 Å². The van der Waals surface area contributed by atoms with Crippen molar-refractivity contribution in [2.24, 2.45) is 10.9 Å². The summed E-state index contributed by atoms with van der Waals surface area (Å²) in [7, 11) is 2.16. The van der Waals surface area contributed by atoms with Crippen molar-refractivity contribution >= 4 is 19.5 Å². The maximum absolute atomic E-state index is 12.5. The summed E-state index contributed by atoms with van der Waals surface area (Å²) in [5, 5.41) is 0. The van der Waals surface area contributed by atoms with E-state index in [4.69, 9.17) is 9.73 Å². The van der Waals surface area contributed by atoms with Gasteiger partial charge in [0.1, 0.15) is 14.5 Å². The predicted molar refractivity (Wildman–Crippen MR) is 100 cm³/mol. The molecule has 2 fully saturated rings. The maximum Gasteiger partial charge on any atom is 0.309 e. The van der Waals surface area contributed by atoms with Gasteiger partial charge in [-0.2, -0.15) is 0 Å². The molecule has 0 bridgehead atoms. The van der Waals surface area contributed by atoms with Gasteiger partial charge in [0.2, 0.25) is 0 Å². The van der Waals surface area contributed by atoms with E-state index in [2.05, 4.69) is 7.85 Å². The van der Waals surface area contributed by atoms with Gasteiger partial charge < -0.3 is 4.74 Å². The number of carbonyl (C=O) groups is 1. The molecule has 0 aliphatic heterocycles. The van der Waals surface area contributed by atoms with Crippen LogP contribution >= 0.6 is 0 Å². The number of esters is 1. The molecule has 2 aliphatic carbocycles. The summed E-state index contributed by atoms with van der Waals surface area (Å²) < 4.78 is 5.58. The van der Waals surface area contributed by atoms with Crippen molar-refractivity contribution in [3.05, 3.63) is 35.9 Å². The zero-order valence-corrected chi connectivity index (χ0v) is 14.7. The minimum absolute atomic E-state index is 0.0233. The third kappa shape index (κ3) is 4.49. The highest BCUT2D eigenvalue weighted by Crippen LogP contribution is 2.33. The summed E-state index contributed by atoms with van der Waals surface area (Å²) in [6.45, 7) is 0.373. The standard InChI is InChI=1S/C20H28BNO2/c21-19-17(20(23)24-14-15-8-3-1-4-9-15)12-7-13-18(19)22-16-10-5-2-6-11-16/h1,3-4,8-9,16-17,19H,2,5-7,10-14,21H2/b22-18+. The molecular weight excluding hydrogens is 297 g/mol. The molecular formula is C20H28BNO2. The second kappa shape index (κ2) is 8.50. The lowest BCUT2D eigenvalue weighted by Gasteiger charge is -2.30. The fourth-order valence-electron chi connectivity index (χ4n) is 4.00. The van der Waals surface area contributed by atoms with Gasteiger partial charge in [0.15, 0.2) is 0 Å². The van der Waals surface area contributed by atoms with Gasteiger partial charge in [-0.25, -0.2) is 0 Å². The molecule has 2 atom stereocenters. The number of aliphatic imine (C=N–C) groups is 1. The van der Waals surface area contributed by atoms with Crippen LogP contribution in [0, 0.1) is 5.92 Å². The molecule has 2 aliphatic rings. The van der Waals surface area contributed by atoms with E-state index in [1.54, 1.807) is 0 Å². The van der Waals surface area contributed by atoms with Gasteiger partial charge in [-0.3, -0.25) is 9.79 Å². The van der Waals surface area contributed by atoms with E-state index in [1.165, 1.54) is 37.8 Å². The Morgan fingerprint density at radius 1 is 1.08 bits per heavy atom. The van der Waals surface area contributed by atoms with E-state index in [0.717, 1.165) is 24.8 Å². The SMILES string of the molecule is BC1/C(=N/C2CCCCC2)CCCC1C(=O)OCc1ccccc1. The van der Waals surface area contributed by atoms with Crippen molar-refractivity contribution in [3.8, 4) is 0 Å². The molecule has 0 spiro atoms. The Morgan fingerprint density at radius 3 is 2.58 bits per heavy atom. The van der Waals surface area contributed by atoms with E-state index in [1.807, 2.05) is 30.3 Å². The minimum Gasteiger partial charge on any atom is -0.461 e. The van der Waals surface area contributed by atoms with Gasteiger partial charge in [-0.05, 0) is 43.5 Å². The highest BCUT2D eigenvalue weighted by molar-refractivity contribution is 6.27. The summed E-state index contributed by atoms with van der Waals surface area (Å²) in [6.07, 6.45) is 9.44. The van der Waals surface area contributed by atoms with Crippen LogP contribution in [0.25, 0.3) is 0 Å². The number of nitrogens with zero attached hydrogens (tertiary/aromatic N) is 1. The number of hydrogen-bond acceptors (Lipinski definition) is 3. The van der Waals surface area contributed by atoms with Crippen LogP contribution in [-0.2, 0) is 16.1 Å². The normalized spacial score (nSPS) is 27.1. The number of hydrogen-bond donors (Lipinski definition) is 0.